The van der Waals surface area contributed by atoms with Crippen LogP contribution in [-0.2, 0) is 9.59 Å². The second kappa shape index (κ2) is 8.14. The highest BCUT2D eigenvalue weighted by atomic mass is 16.5. The number of benzene rings is 2. The number of rotatable bonds is 5. The lowest BCUT2D eigenvalue weighted by atomic mass is 10.0. The average Bonchev–Trinajstić information content (AvgIpc) is 2.77. The Balaban J connectivity index is 1.63. The molecule has 6 nitrogen and oxygen atoms in total. The van der Waals surface area contributed by atoms with Crippen molar-refractivity contribution in [3.8, 4) is 16.9 Å². The lowest BCUT2D eigenvalue weighted by molar-refractivity contribution is -0.127. The summed E-state index contributed by atoms with van der Waals surface area (Å²) in [6.07, 6.45) is 1.33. The Bertz CT molecular complexity index is 1040. The van der Waals surface area contributed by atoms with Crippen LogP contribution in [0.25, 0.3) is 11.1 Å². The Kier molecular flexibility index (Phi) is 5.24. The van der Waals surface area contributed by atoms with Gasteiger partial charge in [0.1, 0.15) is 12.3 Å². The molecule has 29 heavy (non-hydrogen) atoms. The Morgan fingerprint density at radius 2 is 1.86 bits per heavy atom. The first-order valence-electron chi connectivity index (χ1n) is 9.54. The zero-order valence-electron chi connectivity index (χ0n) is 16.0. The monoisotopic (exact) mass is 387 g/mol. The molecule has 2 aromatic carbocycles. The van der Waals surface area contributed by atoms with Gasteiger partial charge in [-0.1, -0.05) is 55.5 Å². The van der Waals surface area contributed by atoms with E-state index in [1.807, 2.05) is 61.5 Å². The standard InChI is InChI=1S/C23H21N3O3/c1-2-19(23(28)26-15-21(27)25-18-12-8-14-24-22(18)26)29-20-13-7-6-11-17(20)16-9-4-3-5-10-16/h3-14,19H,2,15H2,1H3,(H,25,27). The van der Waals surface area contributed by atoms with Gasteiger partial charge in [0.2, 0.25) is 5.91 Å². The summed E-state index contributed by atoms with van der Waals surface area (Å²) in [6, 6.07) is 21.0. The Labute approximate surface area is 169 Å². The van der Waals surface area contributed by atoms with Gasteiger partial charge in [-0.15, -0.1) is 0 Å². The van der Waals surface area contributed by atoms with E-state index in [0.717, 1.165) is 11.1 Å². The van der Waals surface area contributed by atoms with Crippen molar-refractivity contribution in [3.05, 3.63) is 72.9 Å². The molecular weight excluding hydrogens is 366 g/mol. The SMILES string of the molecule is CCC(Oc1ccccc1-c1ccccc1)C(=O)N1CC(=O)Nc2cccnc21. The topological polar surface area (TPSA) is 71.5 Å². The number of carbonyl (C=O) groups is 2. The van der Waals surface area contributed by atoms with E-state index in [2.05, 4.69) is 10.3 Å². The van der Waals surface area contributed by atoms with Gasteiger partial charge in [-0.2, -0.15) is 0 Å². The van der Waals surface area contributed by atoms with Gasteiger partial charge in [-0.05, 0) is 30.2 Å². The molecule has 1 N–H and O–H groups in total. The van der Waals surface area contributed by atoms with Crippen LogP contribution in [0.2, 0.25) is 0 Å². The summed E-state index contributed by atoms with van der Waals surface area (Å²) < 4.78 is 6.16. The molecule has 0 bridgehead atoms. The third-order valence-electron chi connectivity index (χ3n) is 4.77. The zero-order valence-corrected chi connectivity index (χ0v) is 16.0. The molecule has 0 fully saturated rings. The van der Waals surface area contributed by atoms with E-state index in [1.54, 1.807) is 18.3 Å². The third-order valence-corrected chi connectivity index (χ3v) is 4.77. The quantitative estimate of drug-likeness (QED) is 0.721. The minimum atomic E-state index is -0.736. The maximum atomic E-state index is 13.3. The number of amides is 2. The van der Waals surface area contributed by atoms with Gasteiger partial charge in [0.15, 0.2) is 11.9 Å². The molecule has 0 saturated carbocycles. The Morgan fingerprint density at radius 1 is 1.10 bits per heavy atom. The second-order valence-electron chi connectivity index (χ2n) is 6.72. The molecule has 0 aliphatic carbocycles. The van der Waals surface area contributed by atoms with Crippen molar-refractivity contribution < 1.29 is 14.3 Å². The third kappa shape index (κ3) is 3.82. The number of para-hydroxylation sites is 1. The molecule has 0 radical (unpaired) electrons. The number of carbonyl (C=O) groups excluding carboxylic acids is 2. The molecule has 0 saturated heterocycles. The van der Waals surface area contributed by atoms with E-state index in [1.165, 1.54) is 4.90 Å². The van der Waals surface area contributed by atoms with Crippen LogP contribution in [0.5, 0.6) is 5.75 Å². The van der Waals surface area contributed by atoms with Crippen LogP contribution in [0, 0.1) is 0 Å². The van der Waals surface area contributed by atoms with Gasteiger partial charge < -0.3 is 10.1 Å². The first-order chi connectivity index (χ1) is 14.2. The lowest BCUT2D eigenvalue weighted by Crippen LogP contribution is -2.48. The Morgan fingerprint density at radius 3 is 2.66 bits per heavy atom. The van der Waals surface area contributed by atoms with Crippen LogP contribution in [0.15, 0.2) is 72.9 Å². The number of pyridine rings is 1. The van der Waals surface area contributed by atoms with E-state index < -0.39 is 6.10 Å². The minimum absolute atomic E-state index is 0.0803. The van der Waals surface area contributed by atoms with Crippen LogP contribution in [0.3, 0.4) is 0 Å². The van der Waals surface area contributed by atoms with Crippen molar-refractivity contribution in [2.45, 2.75) is 19.4 Å². The summed E-state index contributed by atoms with van der Waals surface area (Å²) in [7, 11) is 0. The molecule has 1 unspecified atom stereocenters. The molecule has 2 amide bonds. The van der Waals surface area contributed by atoms with Gasteiger partial charge in [0.25, 0.3) is 5.91 Å². The molecular formula is C23H21N3O3. The number of anilines is 2. The smallest absolute Gasteiger partial charge is 0.269 e. The van der Waals surface area contributed by atoms with Gasteiger partial charge >= 0.3 is 0 Å². The normalized spacial score (nSPS) is 14.0. The fourth-order valence-electron chi connectivity index (χ4n) is 3.36. The van der Waals surface area contributed by atoms with E-state index in [9.17, 15) is 9.59 Å². The fraction of sp³-hybridized carbons (Fsp3) is 0.174. The van der Waals surface area contributed by atoms with Crippen LogP contribution < -0.4 is 15.0 Å². The predicted molar refractivity (Wildman–Crippen MR) is 112 cm³/mol. The van der Waals surface area contributed by atoms with Gasteiger partial charge in [-0.3, -0.25) is 14.5 Å². The van der Waals surface area contributed by atoms with Crippen molar-refractivity contribution >= 4 is 23.3 Å². The highest BCUT2D eigenvalue weighted by Gasteiger charge is 2.33. The number of aromatic nitrogens is 1. The van der Waals surface area contributed by atoms with Crippen LogP contribution >= 0.6 is 0 Å². The predicted octanol–water partition coefficient (Wildman–Crippen LogP) is 3.89. The largest absolute Gasteiger partial charge is 0.480 e. The molecule has 2 heterocycles. The van der Waals surface area contributed by atoms with E-state index >= 15 is 0 Å². The number of hydrogen-bond acceptors (Lipinski definition) is 4. The average molecular weight is 387 g/mol. The summed E-state index contributed by atoms with van der Waals surface area (Å²) in [5.41, 5.74) is 2.45. The Hall–Kier alpha value is -3.67. The molecule has 146 valence electrons. The lowest BCUT2D eigenvalue weighted by Gasteiger charge is -2.30. The highest BCUT2D eigenvalue weighted by Crippen LogP contribution is 2.32. The van der Waals surface area contributed by atoms with Gasteiger partial charge in [0.05, 0.1) is 5.69 Å². The molecule has 1 atom stereocenters. The maximum absolute atomic E-state index is 13.3. The number of nitrogens with zero attached hydrogens (tertiary/aromatic N) is 2. The van der Waals surface area contributed by atoms with Crippen molar-refractivity contribution in [2.24, 2.45) is 0 Å². The summed E-state index contributed by atoms with van der Waals surface area (Å²) in [6.45, 7) is 1.81. The first kappa shape index (κ1) is 18.7. The molecule has 1 aromatic heterocycles. The fourth-order valence-corrected chi connectivity index (χ4v) is 3.36. The molecule has 1 aliphatic heterocycles. The minimum Gasteiger partial charge on any atom is -0.480 e. The highest BCUT2D eigenvalue weighted by molar-refractivity contribution is 6.10. The summed E-state index contributed by atoms with van der Waals surface area (Å²) in [5, 5.41) is 2.75. The van der Waals surface area contributed by atoms with Crippen LogP contribution in [-0.4, -0.2) is 29.4 Å². The summed E-state index contributed by atoms with van der Waals surface area (Å²) in [4.78, 5) is 31.0. The molecule has 0 spiro atoms. The van der Waals surface area contributed by atoms with Crippen LogP contribution in [0.4, 0.5) is 11.5 Å². The van der Waals surface area contributed by atoms with Crippen molar-refractivity contribution in [1.29, 1.82) is 0 Å². The van der Waals surface area contributed by atoms with Crippen molar-refractivity contribution in [1.82, 2.24) is 4.98 Å². The number of fused-ring (bicyclic) bond motifs is 1. The number of hydrogen-bond donors (Lipinski definition) is 1. The van der Waals surface area contributed by atoms with Gasteiger partial charge in [-0.25, -0.2) is 4.98 Å². The molecule has 6 heteroatoms. The van der Waals surface area contributed by atoms with E-state index in [0.29, 0.717) is 23.7 Å². The van der Waals surface area contributed by atoms with E-state index in [4.69, 9.17) is 4.74 Å². The molecule has 3 aromatic rings. The number of ether oxygens (including phenoxy) is 1. The van der Waals surface area contributed by atoms with Crippen molar-refractivity contribution in [3.63, 3.8) is 0 Å². The first-order valence-corrected chi connectivity index (χ1v) is 9.54. The molecule has 4 rings (SSSR count). The van der Waals surface area contributed by atoms with Crippen LogP contribution in [0.1, 0.15) is 13.3 Å². The second-order valence-corrected chi connectivity index (χ2v) is 6.72. The zero-order chi connectivity index (χ0) is 20.2. The van der Waals surface area contributed by atoms with Crippen molar-refractivity contribution in [2.75, 3.05) is 16.8 Å². The maximum Gasteiger partial charge on any atom is 0.269 e. The van der Waals surface area contributed by atoms with Gasteiger partial charge in [0, 0.05) is 11.8 Å². The van der Waals surface area contributed by atoms with E-state index in [-0.39, 0.29) is 18.4 Å². The summed E-state index contributed by atoms with van der Waals surface area (Å²) in [5.74, 6) is 0.528. The summed E-state index contributed by atoms with van der Waals surface area (Å²) >= 11 is 0. The molecule has 1 aliphatic rings. The number of nitrogens with one attached hydrogen (secondary N) is 1.